The second-order valence-electron chi connectivity index (χ2n) is 12.0. The number of rotatable bonds is 12. The van der Waals surface area contributed by atoms with E-state index in [1.54, 1.807) is 0 Å². The number of amides is 1. The van der Waals surface area contributed by atoms with E-state index in [9.17, 15) is 50.8 Å². The molecule has 4 aliphatic rings. The number of aliphatic hydroxyl groups is 10. The zero-order valence-electron chi connectivity index (χ0n) is 23.9. The van der Waals surface area contributed by atoms with Gasteiger partial charge in [-0.1, -0.05) is 0 Å². The highest BCUT2D eigenvalue weighted by molar-refractivity contribution is 5.89. The van der Waals surface area contributed by atoms with Crippen molar-refractivity contribution >= 4 is 5.91 Å². The molecule has 1 amide bonds. The summed E-state index contributed by atoms with van der Waals surface area (Å²) in [6.07, 6.45) is -19.2. The standard InChI is InChI=1S/C25H46N4O15/c26-9-1-10(29-24(39)25(40)3-15(25)27)21(44-22-12(34)2-11(33)14(7-31)42-22)19(38)20(9)43-23-18(37)17(36)16(35)13(41-23)5-28-4-8(32)6-30/h8-23,28,30-38,40H,1-7,26-27H2,(H,29,39)/t8?,9-,10+,11-,12+,13+,14+,15?,16+,17-,18+,19-,20?,21-,22+,23+,25?/m0/s1. The lowest BCUT2D eigenvalue weighted by molar-refractivity contribution is -0.332. The molecule has 0 spiro atoms. The van der Waals surface area contributed by atoms with Crippen LogP contribution >= 0.6 is 0 Å². The van der Waals surface area contributed by atoms with E-state index in [-0.39, 0.29) is 32.4 Å². The molecule has 0 aromatic rings. The summed E-state index contributed by atoms with van der Waals surface area (Å²) in [6, 6.07) is -2.98. The largest absolute Gasteiger partial charge is 0.394 e. The van der Waals surface area contributed by atoms with E-state index in [4.69, 9.17) is 35.5 Å². The number of carbonyl (C=O) groups is 1. The Bertz CT molecular complexity index is 957. The van der Waals surface area contributed by atoms with Gasteiger partial charge in [0.25, 0.3) is 5.91 Å². The van der Waals surface area contributed by atoms with Gasteiger partial charge in [0.1, 0.15) is 54.9 Å². The number of carbonyl (C=O) groups excluding carboxylic acids is 1. The van der Waals surface area contributed by atoms with Gasteiger partial charge < -0.3 is 92.1 Å². The Morgan fingerprint density at radius 2 is 1.52 bits per heavy atom. The summed E-state index contributed by atoms with van der Waals surface area (Å²) < 4.78 is 22.9. The number of nitrogens with one attached hydrogen (secondary N) is 2. The Morgan fingerprint density at radius 1 is 0.886 bits per heavy atom. The van der Waals surface area contributed by atoms with Gasteiger partial charge >= 0.3 is 0 Å². The van der Waals surface area contributed by atoms with Crippen LogP contribution in [0.25, 0.3) is 0 Å². The van der Waals surface area contributed by atoms with Gasteiger partial charge in [-0.2, -0.15) is 0 Å². The third kappa shape index (κ3) is 7.66. The van der Waals surface area contributed by atoms with Crippen LogP contribution in [0, 0.1) is 0 Å². The molecule has 19 heteroatoms. The third-order valence-electron chi connectivity index (χ3n) is 8.61. The first kappa shape index (κ1) is 35.6. The van der Waals surface area contributed by atoms with Crippen molar-refractivity contribution < 1.29 is 74.8 Å². The second-order valence-corrected chi connectivity index (χ2v) is 12.0. The molecule has 0 aromatic heterocycles. The summed E-state index contributed by atoms with van der Waals surface area (Å²) in [5.41, 5.74) is 10.2. The van der Waals surface area contributed by atoms with E-state index in [0.717, 1.165) is 0 Å². The fraction of sp³-hybridized carbons (Fsp3) is 0.960. The first-order valence-electron chi connectivity index (χ1n) is 14.6. The highest BCUT2D eigenvalue weighted by atomic mass is 16.7. The summed E-state index contributed by atoms with van der Waals surface area (Å²) in [4.78, 5) is 12.8. The Morgan fingerprint density at radius 3 is 2.14 bits per heavy atom. The average molecular weight is 643 g/mol. The Balaban J connectivity index is 1.50. The summed E-state index contributed by atoms with van der Waals surface area (Å²) in [7, 11) is 0. The lowest BCUT2D eigenvalue weighted by atomic mass is 9.83. The maximum absolute atomic E-state index is 12.8. The SMILES string of the molecule is NC1CC1(O)C(=O)N[C@@H]1C[C@H](N)C(O[C@H]2O[C@H](CNCC(O)CO)[C@@H](O)[C@H](O)[C@H]2O)[C@H](O)[C@H]1O[C@H]1O[C@H](CO)[C@@H](O)C[C@H]1O. The third-order valence-corrected chi connectivity index (χ3v) is 8.61. The molecular formula is C25H46N4O15. The maximum Gasteiger partial charge on any atom is 0.253 e. The fourth-order valence-corrected chi connectivity index (χ4v) is 5.68. The van der Waals surface area contributed by atoms with E-state index in [2.05, 4.69) is 10.6 Å². The van der Waals surface area contributed by atoms with Crippen molar-refractivity contribution in [3.8, 4) is 0 Å². The molecule has 2 heterocycles. The van der Waals surface area contributed by atoms with Crippen molar-refractivity contribution in [2.24, 2.45) is 11.5 Å². The molecule has 17 atom stereocenters. The van der Waals surface area contributed by atoms with Crippen LogP contribution in [0.1, 0.15) is 19.3 Å². The molecular weight excluding hydrogens is 596 g/mol. The van der Waals surface area contributed by atoms with Crippen molar-refractivity contribution in [3.63, 3.8) is 0 Å². The second kappa shape index (κ2) is 14.7. The topological polar surface area (TPSA) is 332 Å². The van der Waals surface area contributed by atoms with Gasteiger partial charge in [-0.25, -0.2) is 0 Å². The lowest BCUT2D eigenvalue weighted by Crippen LogP contribution is -2.68. The minimum atomic E-state index is -1.84. The van der Waals surface area contributed by atoms with Gasteiger partial charge in [0.15, 0.2) is 18.2 Å². The van der Waals surface area contributed by atoms with E-state index in [1.807, 2.05) is 0 Å². The zero-order chi connectivity index (χ0) is 32.5. The van der Waals surface area contributed by atoms with Crippen LogP contribution in [-0.2, 0) is 23.7 Å². The highest BCUT2D eigenvalue weighted by Gasteiger charge is 2.59. The van der Waals surface area contributed by atoms with Crippen LogP contribution in [0.3, 0.4) is 0 Å². The number of hydrogen-bond acceptors (Lipinski definition) is 18. The Labute approximate surface area is 252 Å². The minimum absolute atomic E-state index is 0.00198. The van der Waals surface area contributed by atoms with Crippen LogP contribution in [-0.4, -0.2) is 187 Å². The fourth-order valence-electron chi connectivity index (χ4n) is 5.68. The van der Waals surface area contributed by atoms with Crippen LogP contribution in [0.4, 0.5) is 0 Å². The van der Waals surface area contributed by atoms with Crippen molar-refractivity contribution in [1.82, 2.24) is 10.6 Å². The van der Waals surface area contributed by atoms with Crippen LogP contribution < -0.4 is 22.1 Å². The molecule has 4 fully saturated rings. The number of hydrogen-bond donors (Lipinski definition) is 14. The monoisotopic (exact) mass is 642 g/mol. The molecule has 2 aliphatic heterocycles. The first-order chi connectivity index (χ1) is 20.7. The smallest absolute Gasteiger partial charge is 0.253 e. The Hall–Kier alpha value is -1.21. The van der Waals surface area contributed by atoms with Gasteiger partial charge in [0.2, 0.25) is 0 Å². The molecule has 44 heavy (non-hydrogen) atoms. The minimum Gasteiger partial charge on any atom is -0.394 e. The quantitative estimate of drug-likeness (QED) is 0.0939. The van der Waals surface area contributed by atoms with Crippen molar-refractivity contribution in [3.05, 3.63) is 0 Å². The van der Waals surface area contributed by atoms with Crippen molar-refractivity contribution in [2.45, 2.75) is 123 Å². The Kier molecular flexibility index (Phi) is 11.9. The molecule has 16 N–H and O–H groups in total. The number of nitrogens with two attached hydrogens (primary N) is 2. The van der Waals surface area contributed by atoms with Crippen molar-refractivity contribution in [1.29, 1.82) is 0 Å². The average Bonchev–Trinajstić information content (AvgIpc) is 3.61. The highest BCUT2D eigenvalue weighted by Crippen LogP contribution is 2.36. The van der Waals surface area contributed by atoms with Gasteiger partial charge in [-0.05, 0) is 6.42 Å². The number of aliphatic hydroxyl groups excluding tert-OH is 9. The summed E-state index contributed by atoms with van der Waals surface area (Å²) in [5.74, 6) is -0.846. The molecule has 2 saturated carbocycles. The van der Waals surface area contributed by atoms with Crippen molar-refractivity contribution in [2.75, 3.05) is 26.3 Å². The maximum atomic E-state index is 12.8. The molecule has 4 rings (SSSR count). The lowest BCUT2D eigenvalue weighted by Gasteiger charge is -2.48. The van der Waals surface area contributed by atoms with E-state index >= 15 is 0 Å². The molecule has 2 saturated heterocycles. The summed E-state index contributed by atoms with van der Waals surface area (Å²) >= 11 is 0. The zero-order valence-corrected chi connectivity index (χ0v) is 23.9. The van der Waals surface area contributed by atoms with Crippen LogP contribution in [0.5, 0.6) is 0 Å². The molecule has 0 aromatic carbocycles. The van der Waals surface area contributed by atoms with Crippen LogP contribution in [0.15, 0.2) is 0 Å². The summed E-state index contributed by atoms with van der Waals surface area (Å²) in [5, 5.41) is 107. The molecule has 19 nitrogen and oxygen atoms in total. The van der Waals surface area contributed by atoms with E-state index in [0.29, 0.717) is 0 Å². The number of ether oxygens (including phenoxy) is 4. The molecule has 0 radical (unpaired) electrons. The molecule has 0 bridgehead atoms. The molecule has 2 aliphatic carbocycles. The van der Waals surface area contributed by atoms with Gasteiger partial charge in [0, 0.05) is 38.0 Å². The van der Waals surface area contributed by atoms with E-state index in [1.165, 1.54) is 0 Å². The van der Waals surface area contributed by atoms with Gasteiger partial charge in [-0.15, -0.1) is 0 Å². The van der Waals surface area contributed by atoms with Gasteiger partial charge in [-0.3, -0.25) is 4.79 Å². The predicted octanol–water partition coefficient (Wildman–Crippen LogP) is -8.62. The van der Waals surface area contributed by atoms with Crippen LogP contribution in [0.2, 0.25) is 0 Å². The molecule has 256 valence electrons. The van der Waals surface area contributed by atoms with E-state index < -0.39 is 123 Å². The normalized spacial score (nSPS) is 48.5. The summed E-state index contributed by atoms with van der Waals surface area (Å²) in [6.45, 7) is -1.34. The molecule has 4 unspecified atom stereocenters. The van der Waals surface area contributed by atoms with Gasteiger partial charge in [0.05, 0.1) is 31.5 Å². The predicted molar refractivity (Wildman–Crippen MR) is 143 cm³/mol. The first-order valence-corrected chi connectivity index (χ1v) is 14.6.